The lowest BCUT2D eigenvalue weighted by atomic mass is 9.96. The van der Waals surface area contributed by atoms with E-state index < -0.39 is 0 Å². The minimum Gasteiger partial charge on any atom is -0.378 e. The molecule has 0 aliphatic carbocycles. The van der Waals surface area contributed by atoms with Crippen molar-refractivity contribution in [2.75, 3.05) is 32.1 Å². The van der Waals surface area contributed by atoms with Crippen molar-refractivity contribution in [1.29, 1.82) is 0 Å². The molecular weight excluding hydrogens is 248 g/mol. The predicted molar refractivity (Wildman–Crippen MR) is 83.2 cm³/mol. The molecule has 1 aliphatic rings. The first-order valence-electron chi connectivity index (χ1n) is 7.28. The Hall–Kier alpha value is -1.81. The predicted octanol–water partition coefficient (Wildman–Crippen LogP) is 2.61. The summed E-state index contributed by atoms with van der Waals surface area (Å²) in [6.45, 7) is 2.20. The van der Waals surface area contributed by atoms with Crippen molar-refractivity contribution in [3.8, 4) is 11.3 Å². The van der Waals surface area contributed by atoms with Crippen molar-refractivity contribution >= 4 is 5.69 Å². The van der Waals surface area contributed by atoms with Crippen LogP contribution in [-0.2, 0) is 0 Å². The molecule has 0 spiro atoms. The van der Waals surface area contributed by atoms with Gasteiger partial charge >= 0.3 is 0 Å². The number of nitrogens with one attached hydrogen (secondary N) is 2. The average Bonchev–Trinajstić information content (AvgIpc) is 2.98. The summed E-state index contributed by atoms with van der Waals surface area (Å²) in [7, 11) is 4.11. The van der Waals surface area contributed by atoms with Crippen LogP contribution in [0.2, 0.25) is 0 Å². The zero-order valence-electron chi connectivity index (χ0n) is 12.2. The van der Waals surface area contributed by atoms with E-state index in [4.69, 9.17) is 0 Å². The number of benzene rings is 1. The lowest BCUT2D eigenvalue weighted by Crippen LogP contribution is -2.28. The number of aromatic amines is 1. The molecule has 2 N–H and O–H groups in total. The number of hydrogen-bond donors (Lipinski definition) is 2. The number of hydrogen-bond acceptors (Lipinski definition) is 3. The van der Waals surface area contributed by atoms with Crippen LogP contribution in [0.5, 0.6) is 0 Å². The summed E-state index contributed by atoms with van der Waals surface area (Å²) in [6, 6.07) is 10.7. The molecule has 3 rings (SSSR count). The van der Waals surface area contributed by atoms with Gasteiger partial charge in [0.2, 0.25) is 0 Å². The average molecular weight is 270 g/mol. The first-order chi connectivity index (χ1) is 9.74. The summed E-state index contributed by atoms with van der Waals surface area (Å²) >= 11 is 0. The van der Waals surface area contributed by atoms with Crippen molar-refractivity contribution < 1.29 is 0 Å². The Bertz CT molecular complexity index is 550. The largest absolute Gasteiger partial charge is 0.378 e. The third-order valence-corrected chi connectivity index (χ3v) is 4.01. The third kappa shape index (κ3) is 2.70. The molecule has 1 aliphatic heterocycles. The summed E-state index contributed by atoms with van der Waals surface area (Å²) in [6.07, 6.45) is 2.49. The van der Waals surface area contributed by atoms with E-state index in [1.54, 1.807) is 0 Å². The van der Waals surface area contributed by atoms with Crippen molar-refractivity contribution in [2.24, 2.45) is 0 Å². The summed E-state index contributed by atoms with van der Waals surface area (Å²) in [5.74, 6) is 0.575. The molecule has 0 amide bonds. The van der Waals surface area contributed by atoms with Gasteiger partial charge in [-0.25, -0.2) is 0 Å². The Balaban J connectivity index is 1.78. The third-order valence-electron chi connectivity index (χ3n) is 4.01. The number of H-pyrrole nitrogens is 1. The van der Waals surface area contributed by atoms with Crippen LogP contribution in [0.15, 0.2) is 30.3 Å². The van der Waals surface area contributed by atoms with Crippen LogP contribution < -0.4 is 10.2 Å². The molecule has 0 unspecified atom stereocenters. The van der Waals surface area contributed by atoms with Gasteiger partial charge in [-0.2, -0.15) is 5.10 Å². The van der Waals surface area contributed by atoms with E-state index >= 15 is 0 Å². The lowest BCUT2D eigenvalue weighted by molar-refractivity contribution is 0.454. The quantitative estimate of drug-likeness (QED) is 0.901. The highest BCUT2D eigenvalue weighted by molar-refractivity contribution is 5.63. The molecule has 0 radical (unpaired) electrons. The van der Waals surface area contributed by atoms with Gasteiger partial charge in [0.15, 0.2) is 0 Å². The highest BCUT2D eigenvalue weighted by Gasteiger charge is 2.17. The molecule has 20 heavy (non-hydrogen) atoms. The fourth-order valence-corrected chi connectivity index (χ4v) is 2.74. The van der Waals surface area contributed by atoms with E-state index in [9.17, 15) is 0 Å². The monoisotopic (exact) mass is 270 g/mol. The number of piperidine rings is 1. The minimum atomic E-state index is 0.575. The van der Waals surface area contributed by atoms with Crippen molar-refractivity contribution in [2.45, 2.75) is 18.8 Å². The van der Waals surface area contributed by atoms with Gasteiger partial charge in [0.25, 0.3) is 0 Å². The Morgan fingerprint density at radius 3 is 2.65 bits per heavy atom. The Kier molecular flexibility index (Phi) is 3.74. The standard InChI is InChI=1S/C16H22N4/c1-20(2)14-7-5-12(6-8-14)15-10-16(19-18-15)13-4-3-9-17-11-13/h5-8,10,13,17H,3-4,9,11H2,1-2H3,(H,18,19)/t13-/m0/s1. The molecule has 106 valence electrons. The molecule has 0 bridgehead atoms. The Labute approximate surface area is 120 Å². The summed E-state index contributed by atoms with van der Waals surface area (Å²) in [4.78, 5) is 2.10. The zero-order valence-corrected chi connectivity index (χ0v) is 12.2. The molecule has 2 heterocycles. The topological polar surface area (TPSA) is 44.0 Å². The van der Waals surface area contributed by atoms with Crippen molar-refractivity contribution in [3.05, 3.63) is 36.0 Å². The molecular formula is C16H22N4. The van der Waals surface area contributed by atoms with Crippen LogP contribution in [0.3, 0.4) is 0 Å². The molecule has 1 atom stereocenters. The maximum absolute atomic E-state index is 4.47. The van der Waals surface area contributed by atoms with Gasteiger partial charge in [-0.1, -0.05) is 12.1 Å². The maximum atomic E-state index is 4.47. The minimum absolute atomic E-state index is 0.575. The second-order valence-corrected chi connectivity index (χ2v) is 5.69. The van der Waals surface area contributed by atoms with E-state index in [0.717, 1.165) is 18.8 Å². The van der Waals surface area contributed by atoms with E-state index in [2.05, 4.69) is 64.8 Å². The Morgan fingerprint density at radius 2 is 2.00 bits per heavy atom. The van der Waals surface area contributed by atoms with Gasteiger partial charge in [0.05, 0.1) is 5.69 Å². The van der Waals surface area contributed by atoms with Crippen LogP contribution in [-0.4, -0.2) is 37.4 Å². The highest BCUT2D eigenvalue weighted by atomic mass is 15.1. The van der Waals surface area contributed by atoms with Gasteiger partial charge < -0.3 is 10.2 Å². The normalized spacial score (nSPS) is 19.0. The molecule has 2 aromatic rings. The molecule has 4 heteroatoms. The highest BCUT2D eigenvalue weighted by Crippen LogP contribution is 2.26. The number of rotatable bonds is 3. The van der Waals surface area contributed by atoms with E-state index in [1.165, 1.54) is 29.8 Å². The fourth-order valence-electron chi connectivity index (χ4n) is 2.74. The van der Waals surface area contributed by atoms with Crippen LogP contribution >= 0.6 is 0 Å². The molecule has 1 fully saturated rings. The lowest BCUT2D eigenvalue weighted by Gasteiger charge is -2.21. The fraction of sp³-hybridized carbons (Fsp3) is 0.438. The smallest absolute Gasteiger partial charge is 0.0923 e. The van der Waals surface area contributed by atoms with Crippen molar-refractivity contribution in [3.63, 3.8) is 0 Å². The van der Waals surface area contributed by atoms with Gasteiger partial charge in [-0.3, -0.25) is 5.10 Å². The number of anilines is 1. The maximum Gasteiger partial charge on any atom is 0.0923 e. The van der Waals surface area contributed by atoms with Gasteiger partial charge in [0.1, 0.15) is 0 Å². The second-order valence-electron chi connectivity index (χ2n) is 5.69. The van der Waals surface area contributed by atoms with Crippen LogP contribution in [0, 0.1) is 0 Å². The molecule has 0 saturated carbocycles. The van der Waals surface area contributed by atoms with Crippen LogP contribution in [0.25, 0.3) is 11.3 Å². The molecule has 1 saturated heterocycles. The van der Waals surface area contributed by atoms with Crippen LogP contribution in [0.4, 0.5) is 5.69 Å². The summed E-state index contributed by atoms with van der Waals surface area (Å²) in [5, 5.41) is 11.1. The Morgan fingerprint density at radius 1 is 1.20 bits per heavy atom. The first-order valence-corrected chi connectivity index (χ1v) is 7.28. The van der Waals surface area contributed by atoms with E-state index in [0.29, 0.717) is 5.92 Å². The molecule has 1 aromatic heterocycles. The SMILES string of the molecule is CN(C)c1ccc(-c2cc([C@H]3CCCNC3)[nH]n2)cc1. The summed E-state index contributed by atoms with van der Waals surface area (Å²) in [5.41, 5.74) is 4.67. The molecule has 4 nitrogen and oxygen atoms in total. The van der Waals surface area contributed by atoms with E-state index in [-0.39, 0.29) is 0 Å². The van der Waals surface area contributed by atoms with E-state index in [1.807, 2.05) is 0 Å². The first kappa shape index (κ1) is 13.2. The van der Waals surface area contributed by atoms with Gasteiger partial charge in [0, 0.05) is 43.5 Å². The van der Waals surface area contributed by atoms with Gasteiger partial charge in [-0.15, -0.1) is 0 Å². The van der Waals surface area contributed by atoms with Crippen molar-refractivity contribution in [1.82, 2.24) is 15.5 Å². The van der Waals surface area contributed by atoms with Crippen LogP contribution in [0.1, 0.15) is 24.5 Å². The summed E-state index contributed by atoms with van der Waals surface area (Å²) < 4.78 is 0. The number of nitrogens with zero attached hydrogens (tertiary/aromatic N) is 2. The number of aromatic nitrogens is 2. The zero-order chi connectivity index (χ0) is 13.9. The molecule has 1 aromatic carbocycles. The second kappa shape index (κ2) is 5.67. The van der Waals surface area contributed by atoms with Gasteiger partial charge in [-0.05, 0) is 37.6 Å².